The highest BCUT2D eigenvalue weighted by molar-refractivity contribution is 6.36. The third-order valence-electron chi connectivity index (χ3n) is 4.07. The van der Waals surface area contributed by atoms with Gasteiger partial charge in [0.05, 0.1) is 17.1 Å². The van der Waals surface area contributed by atoms with E-state index in [-0.39, 0.29) is 5.91 Å². The zero-order valence-corrected chi connectivity index (χ0v) is 13.1. The van der Waals surface area contributed by atoms with Crippen LogP contribution in [0.3, 0.4) is 0 Å². The Morgan fingerprint density at radius 3 is 2.87 bits per heavy atom. The van der Waals surface area contributed by atoms with E-state index in [9.17, 15) is 4.79 Å². The molecule has 0 unspecified atom stereocenters. The molecular formula is C18H15ClN2O2. The standard InChI is InChI=1S/C18H15ClN2O2/c19-14-6-7-16-17-13(14)10-15(21(17)8-9-23-16)18(22)20-11-12-4-2-1-3-5-12/h1-7,10H,8-9,11H2,(H,20,22). The molecule has 0 bridgehead atoms. The maximum Gasteiger partial charge on any atom is 0.268 e. The molecule has 116 valence electrons. The van der Waals surface area contributed by atoms with Crippen molar-refractivity contribution in [3.05, 3.63) is 64.8 Å². The lowest BCUT2D eigenvalue weighted by Gasteiger charge is -2.19. The number of hydrogen-bond donors (Lipinski definition) is 1. The van der Waals surface area contributed by atoms with E-state index in [0.717, 1.165) is 22.2 Å². The Balaban J connectivity index is 1.68. The summed E-state index contributed by atoms with van der Waals surface area (Å²) in [4.78, 5) is 12.6. The maximum atomic E-state index is 12.6. The molecule has 2 heterocycles. The van der Waals surface area contributed by atoms with Crippen LogP contribution < -0.4 is 10.1 Å². The number of nitrogens with zero attached hydrogens (tertiary/aromatic N) is 1. The van der Waals surface area contributed by atoms with E-state index >= 15 is 0 Å². The monoisotopic (exact) mass is 326 g/mol. The number of hydrogen-bond acceptors (Lipinski definition) is 2. The third-order valence-corrected chi connectivity index (χ3v) is 4.40. The minimum atomic E-state index is -0.103. The SMILES string of the molecule is O=C(NCc1ccccc1)c1cc2c(Cl)ccc3c2n1CCO3. The van der Waals surface area contributed by atoms with Crippen LogP contribution in [0.4, 0.5) is 0 Å². The summed E-state index contributed by atoms with van der Waals surface area (Å²) in [6.07, 6.45) is 0. The Bertz CT molecular complexity index is 887. The number of aromatic nitrogens is 1. The second kappa shape index (κ2) is 5.63. The molecule has 0 radical (unpaired) electrons. The summed E-state index contributed by atoms with van der Waals surface area (Å²) in [5.74, 6) is 0.673. The van der Waals surface area contributed by atoms with E-state index in [1.807, 2.05) is 47.0 Å². The maximum absolute atomic E-state index is 12.6. The van der Waals surface area contributed by atoms with Crippen molar-refractivity contribution in [2.24, 2.45) is 0 Å². The van der Waals surface area contributed by atoms with E-state index in [0.29, 0.717) is 30.4 Å². The number of rotatable bonds is 3. The number of carbonyl (C=O) groups excluding carboxylic acids is 1. The summed E-state index contributed by atoms with van der Waals surface area (Å²) in [5, 5.41) is 4.46. The molecule has 4 rings (SSSR count). The van der Waals surface area contributed by atoms with Crippen LogP contribution >= 0.6 is 11.6 Å². The van der Waals surface area contributed by atoms with Crippen LogP contribution in [-0.4, -0.2) is 17.1 Å². The van der Waals surface area contributed by atoms with Crippen molar-refractivity contribution in [3.63, 3.8) is 0 Å². The molecule has 2 aromatic carbocycles. The minimum absolute atomic E-state index is 0.103. The van der Waals surface area contributed by atoms with Crippen molar-refractivity contribution in [2.75, 3.05) is 6.61 Å². The van der Waals surface area contributed by atoms with Gasteiger partial charge < -0.3 is 14.6 Å². The zero-order chi connectivity index (χ0) is 15.8. The van der Waals surface area contributed by atoms with Gasteiger partial charge in [-0.05, 0) is 23.8 Å². The van der Waals surface area contributed by atoms with Crippen LogP contribution in [0.1, 0.15) is 16.1 Å². The van der Waals surface area contributed by atoms with Crippen molar-refractivity contribution in [1.82, 2.24) is 9.88 Å². The molecule has 0 atom stereocenters. The van der Waals surface area contributed by atoms with Gasteiger partial charge in [0.1, 0.15) is 18.1 Å². The molecule has 1 N–H and O–H groups in total. The normalized spacial score (nSPS) is 12.9. The van der Waals surface area contributed by atoms with Gasteiger partial charge in [-0.15, -0.1) is 0 Å². The van der Waals surface area contributed by atoms with Crippen molar-refractivity contribution >= 4 is 28.4 Å². The van der Waals surface area contributed by atoms with E-state index < -0.39 is 0 Å². The highest BCUT2D eigenvalue weighted by atomic mass is 35.5. The number of ether oxygens (including phenoxy) is 1. The largest absolute Gasteiger partial charge is 0.490 e. The average molecular weight is 327 g/mol. The predicted octanol–water partition coefficient (Wildman–Crippen LogP) is 3.62. The Labute approximate surface area is 138 Å². The van der Waals surface area contributed by atoms with E-state index in [1.165, 1.54) is 0 Å². The van der Waals surface area contributed by atoms with Gasteiger partial charge in [0.15, 0.2) is 0 Å². The molecule has 0 spiro atoms. The molecule has 1 aliphatic heterocycles. The fourth-order valence-electron chi connectivity index (χ4n) is 2.97. The van der Waals surface area contributed by atoms with Gasteiger partial charge in [0.2, 0.25) is 0 Å². The summed E-state index contributed by atoms with van der Waals surface area (Å²) in [5.41, 5.74) is 2.58. The van der Waals surface area contributed by atoms with Crippen LogP contribution in [0, 0.1) is 0 Å². The highest BCUT2D eigenvalue weighted by Crippen LogP contribution is 2.36. The Kier molecular flexibility index (Phi) is 3.46. The number of amides is 1. The van der Waals surface area contributed by atoms with Gasteiger partial charge in [-0.1, -0.05) is 41.9 Å². The number of nitrogens with one attached hydrogen (secondary N) is 1. The molecule has 5 heteroatoms. The van der Waals surface area contributed by atoms with Crippen LogP contribution in [-0.2, 0) is 13.1 Å². The van der Waals surface area contributed by atoms with Crippen molar-refractivity contribution in [3.8, 4) is 5.75 Å². The minimum Gasteiger partial charge on any atom is -0.490 e. The summed E-state index contributed by atoms with van der Waals surface area (Å²) in [6, 6.07) is 15.4. The predicted molar refractivity (Wildman–Crippen MR) is 90.1 cm³/mol. The molecule has 1 aliphatic rings. The Hall–Kier alpha value is -2.46. The molecule has 1 amide bonds. The lowest BCUT2D eigenvalue weighted by atomic mass is 10.2. The molecule has 3 aromatic rings. The summed E-state index contributed by atoms with van der Waals surface area (Å²) in [6.45, 7) is 1.70. The van der Waals surface area contributed by atoms with E-state index in [4.69, 9.17) is 16.3 Å². The van der Waals surface area contributed by atoms with Gasteiger partial charge in [0.25, 0.3) is 5.91 Å². The van der Waals surface area contributed by atoms with Crippen LogP contribution in [0.25, 0.3) is 10.9 Å². The second-order valence-corrected chi connectivity index (χ2v) is 5.91. The molecule has 0 saturated carbocycles. The van der Waals surface area contributed by atoms with Crippen LogP contribution in [0.15, 0.2) is 48.5 Å². The number of halogens is 1. The molecule has 4 nitrogen and oxygen atoms in total. The molecule has 1 aromatic heterocycles. The Morgan fingerprint density at radius 2 is 2.04 bits per heavy atom. The molecule has 0 aliphatic carbocycles. The fourth-order valence-corrected chi connectivity index (χ4v) is 3.17. The molecule has 0 saturated heterocycles. The third kappa shape index (κ3) is 2.45. The molecule has 23 heavy (non-hydrogen) atoms. The first-order valence-electron chi connectivity index (χ1n) is 7.51. The van der Waals surface area contributed by atoms with Crippen molar-refractivity contribution in [2.45, 2.75) is 13.1 Å². The van der Waals surface area contributed by atoms with Gasteiger partial charge in [0, 0.05) is 11.9 Å². The van der Waals surface area contributed by atoms with E-state index in [1.54, 1.807) is 6.07 Å². The van der Waals surface area contributed by atoms with Crippen molar-refractivity contribution < 1.29 is 9.53 Å². The first-order chi connectivity index (χ1) is 11.2. The van der Waals surface area contributed by atoms with Gasteiger partial charge in [-0.3, -0.25) is 4.79 Å². The molecular weight excluding hydrogens is 312 g/mol. The van der Waals surface area contributed by atoms with Gasteiger partial charge in [-0.25, -0.2) is 0 Å². The van der Waals surface area contributed by atoms with Crippen LogP contribution in [0.2, 0.25) is 5.02 Å². The first-order valence-corrected chi connectivity index (χ1v) is 7.88. The average Bonchev–Trinajstić information content (AvgIpc) is 2.99. The smallest absolute Gasteiger partial charge is 0.268 e. The second-order valence-electron chi connectivity index (χ2n) is 5.51. The lowest BCUT2D eigenvalue weighted by molar-refractivity contribution is 0.0940. The number of carbonyl (C=O) groups is 1. The van der Waals surface area contributed by atoms with Crippen LogP contribution in [0.5, 0.6) is 5.75 Å². The van der Waals surface area contributed by atoms with Gasteiger partial charge in [-0.2, -0.15) is 0 Å². The first kappa shape index (κ1) is 14.2. The van der Waals surface area contributed by atoms with Crippen molar-refractivity contribution in [1.29, 1.82) is 0 Å². The molecule has 0 fully saturated rings. The fraction of sp³-hybridized carbons (Fsp3) is 0.167. The highest BCUT2D eigenvalue weighted by Gasteiger charge is 2.22. The quantitative estimate of drug-likeness (QED) is 0.799. The van der Waals surface area contributed by atoms with E-state index in [2.05, 4.69) is 5.32 Å². The number of benzene rings is 2. The summed E-state index contributed by atoms with van der Waals surface area (Å²) < 4.78 is 7.65. The summed E-state index contributed by atoms with van der Waals surface area (Å²) >= 11 is 6.27. The zero-order valence-electron chi connectivity index (χ0n) is 12.4. The lowest BCUT2D eigenvalue weighted by Crippen LogP contribution is -2.27. The summed E-state index contributed by atoms with van der Waals surface area (Å²) in [7, 11) is 0. The Morgan fingerprint density at radius 1 is 1.22 bits per heavy atom. The topological polar surface area (TPSA) is 43.3 Å². The van der Waals surface area contributed by atoms with Gasteiger partial charge >= 0.3 is 0 Å².